The van der Waals surface area contributed by atoms with Gasteiger partial charge in [-0.15, -0.1) is 0 Å². The van der Waals surface area contributed by atoms with Crippen LogP contribution in [0, 0.1) is 0 Å². The van der Waals surface area contributed by atoms with Gasteiger partial charge in [0.2, 0.25) is 0 Å². The van der Waals surface area contributed by atoms with E-state index in [0.29, 0.717) is 19.7 Å². The summed E-state index contributed by atoms with van der Waals surface area (Å²) < 4.78 is 4.99. The highest BCUT2D eigenvalue weighted by Gasteiger charge is 2.18. The zero-order valence-electron chi connectivity index (χ0n) is 9.89. The molecule has 4 heteroatoms. The normalized spacial score (nSPS) is 15.8. The van der Waals surface area contributed by atoms with E-state index >= 15 is 0 Å². The van der Waals surface area contributed by atoms with Crippen molar-refractivity contribution in [1.82, 2.24) is 4.90 Å². The number of nitrogens with zero attached hydrogens (tertiary/aromatic N) is 1. The zero-order valence-corrected chi connectivity index (χ0v) is 9.89. The molecule has 4 nitrogen and oxygen atoms in total. The highest BCUT2D eigenvalue weighted by Crippen LogP contribution is 2.09. The van der Waals surface area contributed by atoms with E-state index in [-0.39, 0.29) is 6.09 Å². The molecule has 0 unspecified atom stereocenters. The molecule has 1 aromatic rings. The molecule has 1 fully saturated rings. The van der Waals surface area contributed by atoms with Crippen molar-refractivity contribution < 1.29 is 9.53 Å². The van der Waals surface area contributed by atoms with Crippen LogP contribution in [0.5, 0.6) is 0 Å². The average molecular weight is 234 g/mol. The van der Waals surface area contributed by atoms with Crippen molar-refractivity contribution in [2.75, 3.05) is 19.7 Å². The summed E-state index contributed by atoms with van der Waals surface area (Å²) in [6, 6.07) is 8.18. The minimum atomic E-state index is -0.189. The third-order valence-corrected chi connectivity index (χ3v) is 2.95. The SMILES string of the molecule is NCc1cccc(CCN2CCCOC2=O)c1. The molecular formula is C13H18N2O2. The lowest BCUT2D eigenvalue weighted by Crippen LogP contribution is -2.38. The Morgan fingerprint density at radius 3 is 2.94 bits per heavy atom. The van der Waals surface area contributed by atoms with Crippen LogP contribution >= 0.6 is 0 Å². The van der Waals surface area contributed by atoms with Crippen LogP contribution in [0.2, 0.25) is 0 Å². The molecule has 1 amide bonds. The maximum atomic E-state index is 11.4. The second kappa shape index (κ2) is 5.68. The van der Waals surface area contributed by atoms with E-state index in [1.54, 1.807) is 4.90 Å². The highest BCUT2D eigenvalue weighted by atomic mass is 16.6. The van der Waals surface area contributed by atoms with E-state index in [1.807, 2.05) is 12.1 Å². The lowest BCUT2D eigenvalue weighted by atomic mass is 10.1. The smallest absolute Gasteiger partial charge is 0.409 e. The van der Waals surface area contributed by atoms with E-state index in [0.717, 1.165) is 24.9 Å². The molecule has 1 aromatic carbocycles. The van der Waals surface area contributed by atoms with Gasteiger partial charge >= 0.3 is 6.09 Å². The Morgan fingerprint density at radius 1 is 1.35 bits per heavy atom. The molecule has 0 saturated carbocycles. The number of carbonyl (C=O) groups is 1. The maximum absolute atomic E-state index is 11.4. The lowest BCUT2D eigenvalue weighted by molar-refractivity contribution is 0.0735. The predicted molar refractivity (Wildman–Crippen MR) is 65.6 cm³/mol. The summed E-state index contributed by atoms with van der Waals surface area (Å²) >= 11 is 0. The summed E-state index contributed by atoms with van der Waals surface area (Å²) in [6.07, 6.45) is 1.59. The van der Waals surface area contributed by atoms with Crippen LogP contribution in [0.25, 0.3) is 0 Å². The topological polar surface area (TPSA) is 55.6 Å². The number of amides is 1. The van der Waals surface area contributed by atoms with Gasteiger partial charge in [0.05, 0.1) is 6.61 Å². The minimum Gasteiger partial charge on any atom is -0.449 e. The predicted octanol–water partition coefficient (Wildman–Crippen LogP) is 1.53. The summed E-state index contributed by atoms with van der Waals surface area (Å²) in [4.78, 5) is 13.2. The number of benzene rings is 1. The van der Waals surface area contributed by atoms with Crippen molar-refractivity contribution in [3.63, 3.8) is 0 Å². The van der Waals surface area contributed by atoms with Gasteiger partial charge in [0, 0.05) is 19.6 Å². The summed E-state index contributed by atoms with van der Waals surface area (Å²) in [5, 5.41) is 0. The van der Waals surface area contributed by atoms with Crippen molar-refractivity contribution in [3.8, 4) is 0 Å². The summed E-state index contributed by atoms with van der Waals surface area (Å²) in [5.74, 6) is 0. The van der Waals surface area contributed by atoms with Gasteiger partial charge in [-0.2, -0.15) is 0 Å². The van der Waals surface area contributed by atoms with Crippen LogP contribution in [0.15, 0.2) is 24.3 Å². The van der Waals surface area contributed by atoms with Crippen molar-refractivity contribution in [1.29, 1.82) is 0 Å². The maximum Gasteiger partial charge on any atom is 0.409 e. The number of carbonyl (C=O) groups excluding carboxylic acids is 1. The van der Waals surface area contributed by atoms with Gasteiger partial charge in [-0.25, -0.2) is 4.79 Å². The fourth-order valence-electron chi connectivity index (χ4n) is 1.98. The number of hydrogen-bond acceptors (Lipinski definition) is 3. The molecule has 2 rings (SSSR count). The van der Waals surface area contributed by atoms with Crippen molar-refractivity contribution in [2.24, 2.45) is 5.73 Å². The molecule has 0 aliphatic carbocycles. The fourth-order valence-corrected chi connectivity index (χ4v) is 1.98. The van der Waals surface area contributed by atoms with E-state index in [2.05, 4.69) is 12.1 Å². The third-order valence-electron chi connectivity index (χ3n) is 2.95. The lowest BCUT2D eigenvalue weighted by Gasteiger charge is -2.26. The molecule has 2 N–H and O–H groups in total. The van der Waals surface area contributed by atoms with E-state index < -0.39 is 0 Å². The fraction of sp³-hybridized carbons (Fsp3) is 0.462. The van der Waals surface area contributed by atoms with Crippen LogP contribution in [-0.2, 0) is 17.7 Å². The molecule has 0 bridgehead atoms. The van der Waals surface area contributed by atoms with Crippen LogP contribution in [0.1, 0.15) is 17.5 Å². The molecule has 0 radical (unpaired) electrons. The number of rotatable bonds is 4. The molecule has 92 valence electrons. The Hall–Kier alpha value is -1.55. The molecule has 17 heavy (non-hydrogen) atoms. The Morgan fingerprint density at radius 2 is 2.18 bits per heavy atom. The first-order valence-electron chi connectivity index (χ1n) is 5.99. The average Bonchev–Trinajstić information content (AvgIpc) is 2.38. The molecular weight excluding hydrogens is 216 g/mol. The van der Waals surface area contributed by atoms with Gasteiger partial charge in [0.25, 0.3) is 0 Å². The molecule has 1 aliphatic heterocycles. The van der Waals surface area contributed by atoms with Gasteiger partial charge in [-0.3, -0.25) is 0 Å². The van der Waals surface area contributed by atoms with E-state index in [1.165, 1.54) is 5.56 Å². The second-order valence-electron chi connectivity index (χ2n) is 4.23. The van der Waals surface area contributed by atoms with Crippen LogP contribution in [0.4, 0.5) is 4.79 Å². The van der Waals surface area contributed by atoms with Gasteiger partial charge in [-0.05, 0) is 24.0 Å². The summed E-state index contributed by atoms with van der Waals surface area (Å²) in [5.41, 5.74) is 7.94. The van der Waals surface area contributed by atoms with E-state index in [9.17, 15) is 4.79 Å². The van der Waals surface area contributed by atoms with Gasteiger partial charge < -0.3 is 15.4 Å². The van der Waals surface area contributed by atoms with Gasteiger partial charge in [0.1, 0.15) is 0 Å². The van der Waals surface area contributed by atoms with Crippen LogP contribution < -0.4 is 5.73 Å². The summed E-state index contributed by atoms with van der Waals surface area (Å²) in [6.45, 7) is 2.62. The summed E-state index contributed by atoms with van der Waals surface area (Å²) in [7, 11) is 0. The van der Waals surface area contributed by atoms with Gasteiger partial charge in [0.15, 0.2) is 0 Å². The van der Waals surface area contributed by atoms with Crippen molar-refractivity contribution in [3.05, 3.63) is 35.4 Å². The molecule has 1 aliphatic rings. The number of hydrogen-bond donors (Lipinski definition) is 1. The Bertz CT molecular complexity index is 393. The molecule has 0 atom stereocenters. The first-order chi connectivity index (χ1) is 8.29. The quantitative estimate of drug-likeness (QED) is 0.859. The molecule has 0 aromatic heterocycles. The number of cyclic esters (lactones) is 1. The molecule has 1 saturated heterocycles. The number of nitrogens with two attached hydrogens (primary N) is 1. The molecule has 1 heterocycles. The minimum absolute atomic E-state index is 0.189. The van der Waals surface area contributed by atoms with Crippen LogP contribution in [0.3, 0.4) is 0 Å². The Labute approximate surface area is 101 Å². The largest absolute Gasteiger partial charge is 0.449 e. The standard InChI is InChI=1S/C13H18N2O2/c14-10-12-4-1-3-11(9-12)5-7-15-6-2-8-17-13(15)16/h1,3-4,9H,2,5-8,10,14H2. The van der Waals surface area contributed by atoms with Crippen molar-refractivity contribution >= 4 is 6.09 Å². The second-order valence-corrected chi connectivity index (χ2v) is 4.23. The number of ether oxygens (including phenoxy) is 1. The highest BCUT2D eigenvalue weighted by molar-refractivity contribution is 5.68. The Balaban J connectivity index is 1.90. The van der Waals surface area contributed by atoms with Crippen molar-refractivity contribution in [2.45, 2.75) is 19.4 Å². The Kier molecular flexibility index (Phi) is 3.98. The zero-order chi connectivity index (χ0) is 12.1. The monoisotopic (exact) mass is 234 g/mol. The first kappa shape index (κ1) is 11.9. The van der Waals surface area contributed by atoms with Crippen LogP contribution in [-0.4, -0.2) is 30.7 Å². The first-order valence-corrected chi connectivity index (χ1v) is 5.99. The molecule has 0 spiro atoms. The third kappa shape index (κ3) is 3.20. The van der Waals surface area contributed by atoms with Gasteiger partial charge in [-0.1, -0.05) is 24.3 Å². The van der Waals surface area contributed by atoms with E-state index in [4.69, 9.17) is 10.5 Å².